The van der Waals surface area contributed by atoms with Crippen LogP contribution in [0.25, 0.3) is 10.9 Å². The van der Waals surface area contributed by atoms with Gasteiger partial charge in [0.2, 0.25) is 0 Å². The van der Waals surface area contributed by atoms with E-state index in [1.54, 1.807) is 42.6 Å². The fraction of sp³-hybridized carbons (Fsp3) is 0.0909. The molecule has 8 heteroatoms. The van der Waals surface area contributed by atoms with E-state index in [0.29, 0.717) is 34.9 Å². The second kappa shape index (κ2) is 8.00. The first-order valence-corrected chi connectivity index (χ1v) is 10.9. The van der Waals surface area contributed by atoms with E-state index in [0.717, 1.165) is 5.39 Å². The molecule has 2 heterocycles. The fourth-order valence-electron chi connectivity index (χ4n) is 3.35. The van der Waals surface area contributed by atoms with E-state index in [2.05, 4.69) is 14.7 Å². The number of nitrogens with one attached hydrogen (secondary N) is 1. The Kier molecular flexibility index (Phi) is 5.24. The molecule has 30 heavy (non-hydrogen) atoms. The number of sulfonamides is 1. The number of pyridine rings is 2. The maximum atomic E-state index is 13.0. The largest absolute Gasteiger partial charge is 0.397 e. The van der Waals surface area contributed by atoms with Gasteiger partial charge in [-0.25, -0.2) is 13.4 Å². The predicted molar refractivity (Wildman–Crippen MR) is 120 cm³/mol. The van der Waals surface area contributed by atoms with E-state index in [-0.39, 0.29) is 4.90 Å². The first-order chi connectivity index (χ1) is 14.5. The molecule has 2 aromatic carbocycles. The molecule has 0 aliphatic heterocycles. The summed E-state index contributed by atoms with van der Waals surface area (Å²) in [6, 6.07) is 19.3. The summed E-state index contributed by atoms with van der Waals surface area (Å²) in [4.78, 5) is 11.0. The number of hydrogen-bond acceptors (Lipinski definition) is 6. The van der Waals surface area contributed by atoms with Crippen molar-refractivity contribution in [3.63, 3.8) is 0 Å². The highest BCUT2D eigenvalue weighted by Gasteiger charge is 2.22. The van der Waals surface area contributed by atoms with Gasteiger partial charge in [-0.15, -0.1) is 0 Å². The van der Waals surface area contributed by atoms with E-state index in [9.17, 15) is 8.42 Å². The van der Waals surface area contributed by atoms with E-state index < -0.39 is 10.0 Å². The average molecular weight is 420 g/mol. The van der Waals surface area contributed by atoms with Crippen LogP contribution in [0, 0.1) is 0 Å². The topological polar surface area (TPSA) is 101 Å². The van der Waals surface area contributed by atoms with Crippen LogP contribution in [0.1, 0.15) is 6.92 Å². The number of fused-ring (bicyclic) bond motifs is 1. The summed E-state index contributed by atoms with van der Waals surface area (Å²) in [5.74, 6) is 0.690. The molecule has 0 aliphatic carbocycles. The van der Waals surface area contributed by atoms with Crippen molar-refractivity contribution in [2.24, 2.45) is 0 Å². The minimum Gasteiger partial charge on any atom is -0.397 e. The molecule has 0 fully saturated rings. The zero-order chi connectivity index (χ0) is 21.1. The third-order valence-corrected chi connectivity index (χ3v) is 6.09. The van der Waals surface area contributed by atoms with Gasteiger partial charge in [0.1, 0.15) is 5.82 Å². The first-order valence-electron chi connectivity index (χ1n) is 9.45. The molecule has 0 unspecified atom stereocenters. The van der Waals surface area contributed by atoms with Gasteiger partial charge < -0.3 is 10.6 Å². The van der Waals surface area contributed by atoms with Gasteiger partial charge in [0.25, 0.3) is 10.0 Å². The molecular formula is C22H21N5O2S. The number of para-hydroxylation sites is 1. The number of rotatable bonds is 6. The average Bonchev–Trinajstić information content (AvgIpc) is 2.77. The van der Waals surface area contributed by atoms with E-state index in [1.165, 1.54) is 6.20 Å². The highest BCUT2D eigenvalue weighted by Crippen LogP contribution is 2.39. The molecule has 0 saturated carbocycles. The Morgan fingerprint density at radius 1 is 0.967 bits per heavy atom. The van der Waals surface area contributed by atoms with Crippen LogP contribution >= 0.6 is 0 Å². The van der Waals surface area contributed by atoms with Crippen molar-refractivity contribution in [3.8, 4) is 0 Å². The molecular weight excluding hydrogens is 398 g/mol. The lowest BCUT2D eigenvalue weighted by Gasteiger charge is -2.26. The Labute approximate surface area is 175 Å². The summed E-state index contributed by atoms with van der Waals surface area (Å²) < 4.78 is 28.7. The number of nitrogen functional groups attached to an aromatic ring is 1. The summed E-state index contributed by atoms with van der Waals surface area (Å²) in [6.45, 7) is 2.54. The van der Waals surface area contributed by atoms with Gasteiger partial charge in [-0.05, 0) is 37.3 Å². The Balaban J connectivity index is 1.93. The number of benzene rings is 2. The minimum atomic E-state index is -3.81. The van der Waals surface area contributed by atoms with E-state index in [4.69, 9.17) is 5.73 Å². The molecule has 2 aromatic heterocycles. The van der Waals surface area contributed by atoms with Crippen molar-refractivity contribution < 1.29 is 8.42 Å². The molecule has 0 saturated heterocycles. The maximum absolute atomic E-state index is 13.0. The molecule has 0 amide bonds. The SMILES string of the molecule is CCN(c1ccccn1)c1c(NS(=O)(=O)c2ccccc2)cnc2c(N)cccc12. The van der Waals surface area contributed by atoms with Crippen LogP contribution in [0.5, 0.6) is 0 Å². The molecule has 7 nitrogen and oxygen atoms in total. The predicted octanol–water partition coefficient (Wildman–Crippen LogP) is 4.17. The third-order valence-electron chi connectivity index (χ3n) is 4.71. The van der Waals surface area contributed by atoms with Crippen molar-refractivity contribution in [2.75, 3.05) is 21.9 Å². The molecule has 3 N–H and O–H groups in total. The Bertz CT molecular complexity index is 1280. The first kappa shape index (κ1) is 19.7. The zero-order valence-corrected chi connectivity index (χ0v) is 17.2. The van der Waals surface area contributed by atoms with E-state index >= 15 is 0 Å². The summed E-state index contributed by atoms with van der Waals surface area (Å²) in [7, 11) is -3.81. The van der Waals surface area contributed by atoms with Crippen molar-refractivity contribution in [3.05, 3.63) is 79.1 Å². The van der Waals surface area contributed by atoms with Crippen LogP contribution in [-0.2, 0) is 10.0 Å². The molecule has 4 rings (SSSR count). The standard InChI is InChI=1S/C22H21N5O2S/c1-2-27(20-13-6-7-14-24-20)22-17-11-8-12-18(23)21(17)25-15-19(22)26-30(28,29)16-9-4-3-5-10-16/h3-15,26H,2,23H2,1H3. The Hall–Kier alpha value is -3.65. The van der Waals surface area contributed by atoms with Crippen molar-refractivity contribution in [2.45, 2.75) is 11.8 Å². The molecule has 4 aromatic rings. The Morgan fingerprint density at radius 2 is 1.73 bits per heavy atom. The monoisotopic (exact) mass is 419 g/mol. The highest BCUT2D eigenvalue weighted by atomic mass is 32.2. The molecule has 0 aliphatic rings. The molecule has 0 spiro atoms. The smallest absolute Gasteiger partial charge is 0.262 e. The fourth-order valence-corrected chi connectivity index (χ4v) is 4.42. The van der Waals surface area contributed by atoms with E-state index in [1.807, 2.05) is 42.2 Å². The number of anilines is 4. The summed E-state index contributed by atoms with van der Waals surface area (Å²) in [6.07, 6.45) is 3.20. The molecule has 0 bridgehead atoms. The van der Waals surface area contributed by atoms with Crippen LogP contribution in [0.2, 0.25) is 0 Å². The van der Waals surface area contributed by atoms with Gasteiger partial charge in [0, 0.05) is 18.1 Å². The van der Waals surface area contributed by atoms with Crippen molar-refractivity contribution in [1.29, 1.82) is 0 Å². The number of aromatic nitrogens is 2. The van der Waals surface area contributed by atoms with Crippen LogP contribution < -0.4 is 15.4 Å². The number of nitrogens with zero attached hydrogens (tertiary/aromatic N) is 3. The lowest BCUT2D eigenvalue weighted by Crippen LogP contribution is -2.21. The van der Waals surface area contributed by atoms with Crippen LogP contribution in [0.3, 0.4) is 0 Å². The summed E-state index contributed by atoms with van der Waals surface area (Å²) >= 11 is 0. The third kappa shape index (κ3) is 3.65. The van der Waals surface area contributed by atoms with Crippen LogP contribution in [0.15, 0.2) is 84.0 Å². The second-order valence-electron chi connectivity index (χ2n) is 6.61. The van der Waals surface area contributed by atoms with Crippen molar-refractivity contribution >= 4 is 43.8 Å². The maximum Gasteiger partial charge on any atom is 0.262 e. The zero-order valence-electron chi connectivity index (χ0n) is 16.4. The van der Waals surface area contributed by atoms with Gasteiger partial charge in [-0.1, -0.05) is 36.4 Å². The normalized spacial score (nSPS) is 11.4. The number of hydrogen-bond donors (Lipinski definition) is 2. The Morgan fingerprint density at radius 3 is 2.43 bits per heavy atom. The number of nitrogens with two attached hydrogens (primary N) is 1. The van der Waals surface area contributed by atoms with Gasteiger partial charge in [-0.3, -0.25) is 9.71 Å². The summed E-state index contributed by atoms with van der Waals surface area (Å²) in [5, 5.41) is 0.732. The minimum absolute atomic E-state index is 0.171. The lowest BCUT2D eigenvalue weighted by atomic mass is 10.1. The second-order valence-corrected chi connectivity index (χ2v) is 8.30. The van der Waals surface area contributed by atoms with Crippen molar-refractivity contribution in [1.82, 2.24) is 9.97 Å². The lowest BCUT2D eigenvalue weighted by molar-refractivity contribution is 0.601. The molecule has 0 radical (unpaired) electrons. The molecule has 0 atom stereocenters. The van der Waals surface area contributed by atoms with Gasteiger partial charge in [0.05, 0.1) is 33.7 Å². The molecule has 152 valence electrons. The van der Waals surface area contributed by atoms with Gasteiger partial charge in [-0.2, -0.15) is 0 Å². The van der Waals surface area contributed by atoms with Gasteiger partial charge >= 0.3 is 0 Å². The highest BCUT2D eigenvalue weighted by molar-refractivity contribution is 7.92. The quantitative estimate of drug-likeness (QED) is 0.455. The summed E-state index contributed by atoms with van der Waals surface area (Å²) in [5.41, 5.74) is 8.25. The van der Waals surface area contributed by atoms with Gasteiger partial charge in [0.15, 0.2) is 0 Å². The van der Waals surface area contributed by atoms with Crippen LogP contribution in [0.4, 0.5) is 22.9 Å². The van der Waals surface area contributed by atoms with Crippen LogP contribution in [-0.4, -0.2) is 24.9 Å².